The smallest absolute Gasteiger partial charge is 0.264 e. The van der Waals surface area contributed by atoms with Crippen LogP contribution in [0.1, 0.15) is 19.4 Å². The Labute approximate surface area is 227 Å². The van der Waals surface area contributed by atoms with Crippen LogP contribution in [0.15, 0.2) is 70.7 Å². The van der Waals surface area contributed by atoms with Gasteiger partial charge in [-0.1, -0.05) is 0 Å². The summed E-state index contributed by atoms with van der Waals surface area (Å²) >= 11 is 0. The van der Waals surface area contributed by atoms with E-state index in [1.54, 1.807) is 43.3 Å². The van der Waals surface area contributed by atoms with Gasteiger partial charge in [0.25, 0.3) is 15.9 Å². The number of rotatable bonds is 13. The fraction of sp³-hybridized carbons (Fsp3) is 0.259. The molecule has 0 radical (unpaired) electrons. The minimum absolute atomic E-state index is 0.0237. The molecule has 0 atom stereocenters. The molecule has 12 heteroatoms. The first-order valence-corrected chi connectivity index (χ1v) is 13.4. The molecular formula is C27H31N3O8S. The van der Waals surface area contributed by atoms with Crippen LogP contribution in [0.4, 0.5) is 5.69 Å². The molecule has 0 spiro atoms. The molecule has 0 aliphatic carbocycles. The van der Waals surface area contributed by atoms with Crippen molar-refractivity contribution in [3.63, 3.8) is 0 Å². The number of aromatic hydroxyl groups is 1. The van der Waals surface area contributed by atoms with E-state index in [9.17, 15) is 18.3 Å². The largest absolute Gasteiger partial charge is 0.504 e. The number of sulfonamides is 1. The normalized spacial score (nSPS) is 11.2. The van der Waals surface area contributed by atoms with E-state index in [0.29, 0.717) is 30.3 Å². The Morgan fingerprint density at radius 2 is 1.62 bits per heavy atom. The average Bonchev–Trinajstić information content (AvgIpc) is 2.93. The summed E-state index contributed by atoms with van der Waals surface area (Å²) in [6.07, 6.45) is 1.35. The molecule has 0 bridgehead atoms. The first-order chi connectivity index (χ1) is 18.7. The Kier molecular flexibility index (Phi) is 9.98. The number of hydrogen-bond acceptors (Lipinski definition) is 9. The topological polar surface area (TPSA) is 136 Å². The molecule has 2 N–H and O–H groups in total. The van der Waals surface area contributed by atoms with Crippen molar-refractivity contribution in [3.8, 4) is 28.7 Å². The molecule has 11 nitrogen and oxygen atoms in total. The first kappa shape index (κ1) is 29.1. The standard InChI is InChI=1S/C27H31N3O8S/c1-5-37-21-10-8-20(9-11-21)30(39(33,34)22-12-14-24(35-3)26(16-22)36-4)18-27(32)29-28-17-19-7-13-23(31)25(15-19)38-6-2/h7-17,31H,5-6,18H2,1-4H3,(H,29,32)/b28-17-. The SMILES string of the molecule is CCOc1ccc(N(CC(=O)N/N=C\c2ccc(O)c(OCC)c2)S(=O)(=O)c2ccc(OC)c(OC)c2)cc1. The second kappa shape index (κ2) is 13.4. The number of nitrogens with one attached hydrogen (secondary N) is 1. The molecule has 0 aliphatic heterocycles. The maximum absolute atomic E-state index is 13.7. The third kappa shape index (κ3) is 7.32. The summed E-state index contributed by atoms with van der Waals surface area (Å²) in [4.78, 5) is 12.7. The van der Waals surface area contributed by atoms with Crippen LogP contribution in [-0.2, 0) is 14.8 Å². The molecule has 0 heterocycles. The Balaban J connectivity index is 1.88. The van der Waals surface area contributed by atoms with E-state index >= 15 is 0 Å². The van der Waals surface area contributed by atoms with Crippen molar-refractivity contribution in [2.24, 2.45) is 5.10 Å². The molecule has 0 unspecified atom stereocenters. The fourth-order valence-corrected chi connectivity index (χ4v) is 4.96. The maximum atomic E-state index is 13.7. The molecule has 39 heavy (non-hydrogen) atoms. The van der Waals surface area contributed by atoms with E-state index in [1.807, 2.05) is 6.92 Å². The second-order valence-corrected chi connectivity index (χ2v) is 9.77. The monoisotopic (exact) mass is 557 g/mol. The summed E-state index contributed by atoms with van der Waals surface area (Å²) in [5, 5.41) is 13.8. The highest BCUT2D eigenvalue weighted by molar-refractivity contribution is 7.92. The molecule has 3 aromatic carbocycles. The lowest BCUT2D eigenvalue weighted by Gasteiger charge is -2.24. The van der Waals surface area contributed by atoms with Gasteiger partial charge in [0.15, 0.2) is 23.0 Å². The van der Waals surface area contributed by atoms with Crippen molar-refractivity contribution in [2.75, 3.05) is 38.3 Å². The summed E-state index contributed by atoms with van der Waals surface area (Å²) in [7, 11) is -1.38. The van der Waals surface area contributed by atoms with Crippen LogP contribution in [0.2, 0.25) is 0 Å². The van der Waals surface area contributed by atoms with Crippen molar-refractivity contribution < 1.29 is 37.3 Å². The van der Waals surface area contributed by atoms with Crippen molar-refractivity contribution in [1.29, 1.82) is 0 Å². The summed E-state index contributed by atoms with van der Waals surface area (Å²) in [6.45, 7) is 3.86. The number of benzene rings is 3. The number of anilines is 1. The van der Waals surface area contributed by atoms with Gasteiger partial charge in [-0.25, -0.2) is 13.8 Å². The van der Waals surface area contributed by atoms with E-state index in [0.717, 1.165) is 4.31 Å². The summed E-state index contributed by atoms with van der Waals surface area (Å²) in [5.74, 6) is 0.699. The van der Waals surface area contributed by atoms with E-state index in [-0.39, 0.29) is 27.8 Å². The highest BCUT2D eigenvalue weighted by Crippen LogP contribution is 2.32. The molecule has 3 aromatic rings. The zero-order valence-corrected chi connectivity index (χ0v) is 22.9. The van der Waals surface area contributed by atoms with Gasteiger partial charge in [-0.2, -0.15) is 5.10 Å². The van der Waals surface area contributed by atoms with E-state index in [2.05, 4.69) is 10.5 Å². The van der Waals surface area contributed by atoms with Gasteiger partial charge in [-0.3, -0.25) is 9.10 Å². The number of nitrogens with zero attached hydrogens (tertiary/aromatic N) is 2. The molecule has 0 aromatic heterocycles. The molecule has 3 rings (SSSR count). The molecule has 0 saturated heterocycles. The van der Waals surface area contributed by atoms with E-state index < -0.39 is 22.5 Å². The predicted octanol–water partition coefficient (Wildman–Crippen LogP) is 3.55. The van der Waals surface area contributed by atoms with Crippen LogP contribution in [-0.4, -0.2) is 59.6 Å². The van der Waals surface area contributed by atoms with Crippen LogP contribution in [0.3, 0.4) is 0 Å². The average molecular weight is 558 g/mol. The lowest BCUT2D eigenvalue weighted by Crippen LogP contribution is -2.39. The van der Waals surface area contributed by atoms with Crippen LogP contribution >= 0.6 is 0 Å². The van der Waals surface area contributed by atoms with Gasteiger partial charge in [0, 0.05) is 6.07 Å². The van der Waals surface area contributed by atoms with Crippen molar-refractivity contribution in [2.45, 2.75) is 18.7 Å². The van der Waals surface area contributed by atoms with Gasteiger partial charge >= 0.3 is 0 Å². The van der Waals surface area contributed by atoms with Crippen LogP contribution in [0.5, 0.6) is 28.7 Å². The van der Waals surface area contributed by atoms with Gasteiger partial charge in [0.05, 0.1) is 44.2 Å². The second-order valence-electron chi connectivity index (χ2n) is 7.91. The quantitative estimate of drug-likeness (QED) is 0.241. The minimum Gasteiger partial charge on any atom is -0.504 e. The summed E-state index contributed by atoms with van der Waals surface area (Å²) in [6, 6.07) is 15.1. The van der Waals surface area contributed by atoms with Crippen molar-refractivity contribution in [3.05, 3.63) is 66.2 Å². The summed E-state index contributed by atoms with van der Waals surface area (Å²) < 4.78 is 49.7. The van der Waals surface area contributed by atoms with Crippen LogP contribution in [0.25, 0.3) is 0 Å². The minimum atomic E-state index is -4.23. The Bertz CT molecular complexity index is 1410. The zero-order valence-electron chi connectivity index (χ0n) is 22.1. The number of phenols is 1. The number of carbonyl (C=O) groups excluding carboxylic acids is 1. The van der Waals surface area contributed by atoms with Gasteiger partial charge in [0.2, 0.25) is 0 Å². The number of hydrogen-bond donors (Lipinski definition) is 2. The predicted molar refractivity (Wildman–Crippen MR) is 147 cm³/mol. The van der Waals surface area contributed by atoms with Gasteiger partial charge in [0.1, 0.15) is 12.3 Å². The highest BCUT2D eigenvalue weighted by atomic mass is 32.2. The molecule has 0 aliphatic rings. The zero-order chi connectivity index (χ0) is 28.4. The Morgan fingerprint density at radius 3 is 2.26 bits per heavy atom. The molecule has 1 amide bonds. The molecule has 208 valence electrons. The lowest BCUT2D eigenvalue weighted by molar-refractivity contribution is -0.119. The van der Waals surface area contributed by atoms with Crippen molar-refractivity contribution >= 4 is 27.8 Å². The molecular weight excluding hydrogens is 526 g/mol. The molecule has 0 fully saturated rings. The van der Waals surface area contributed by atoms with Crippen LogP contribution in [0, 0.1) is 0 Å². The maximum Gasteiger partial charge on any atom is 0.264 e. The first-order valence-electron chi connectivity index (χ1n) is 12.0. The number of methoxy groups -OCH3 is 2. The molecule has 0 saturated carbocycles. The van der Waals surface area contributed by atoms with Crippen LogP contribution < -0.4 is 28.7 Å². The van der Waals surface area contributed by atoms with Gasteiger partial charge in [-0.05, 0) is 74.0 Å². The number of hydrazone groups is 1. The number of ether oxygens (including phenoxy) is 4. The number of amides is 1. The summed E-state index contributed by atoms with van der Waals surface area (Å²) in [5.41, 5.74) is 3.14. The van der Waals surface area contributed by atoms with Gasteiger partial charge < -0.3 is 24.1 Å². The Morgan fingerprint density at radius 1 is 0.923 bits per heavy atom. The Hall–Kier alpha value is -4.45. The number of carbonyl (C=O) groups is 1. The number of phenolic OH excluding ortho intramolecular Hbond substituents is 1. The van der Waals surface area contributed by atoms with E-state index in [1.165, 1.54) is 44.7 Å². The van der Waals surface area contributed by atoms with E-state index in [4.69, 9.17) is 18.9 Å². The fourth-order valence-electron chi connectivity index (χ4n) is 3.52. The third-order valence-electron chi connectivity index (χ3n) is 5.35. The van der Waals surface area contributed by atoms with Gasteiger partial charge in [-0.15, -0.1) is 0 Å². The highest BCUT2D eigenvalue weighted by Gasteiger charge is 2.28. The third-order valence-corrected chi connectivity index (χ3v) is 7.12. The lowest BCUT2D eigenvalue weighted by atomic mass is 10.2. The van der Waals surface area contributed by atoms with Crippen molar-refractivity contribution in [1.82, 2.24) is 5.43 Å².